The number of carbonyl (C=O) groups excluding carboxylic acids is 1. The van der Waals surface area contributed by atoms with Crippen molar-refractivity contribution in [1.82, 2.24) is 0 Å². The van der Waals surface area contributed by atoms with E-state index in [1.54, 1.807) is 0 Å². The van der Waals surface area contributed by atoms with E-state index in [2.05, 4.69) is 5.32 Å². The number of anilines is 1. The summed E-state index contributed by atoms with van der Waals surface area (Å²) in [4.78, 5) is 22.8. The largest absolute Gasteiger partial charge is 0.478 e. The van der Waals surface area contributed by atoms with Crippen LogP contribution < -0.4 is 5.32 Å². The molecule has 0 aromatic heterocycles. The number of carboxylic acids is 1. The predicted molar refractivity (Wildman–Crippen MR) is 72.8 cm³/mol. The molecule has 0 saturated heterocycles. The van der Waals surface area contributed by atoms with Gasteiger partial charge in [-0.25, -0.2) is 9.18 Å². The predicted octanol–water partition coefficient (Wildman–Crippen LogP) is 3.43. The summed E-state index contributed by atoms with van der Waals surface area (Å²) >= 11 is 5.90. The van der Waals surface area contributed by atoms with Crippen molar-refractivity contribution in [2.24, 2.45) is 0 Å². The second kappa shape index (κ2) is 5.71. The molecule has 0 atom stereocenters. The number of nitrogens with one attached hydrogen (secondary N) is 1. The second-order valence-electron chi connectivity index (χ2n) is 3.94. The van der Waals surface area contributed by atoms with Crippen molar-refractivity contribution in [1.29, 1.82) is 0 Å². The topological polar surface area (TPSA) is 66.4 Å². The number of benzene rings is 2. The lowest BCUT2D eigenvalue weighted by Crippen LogP contribution is -2.13. The Morgan fingerprint density at radius 2 is 1.85 bits per heavy atom. The quantitative estimate of drug-likeness (QED) is 0.911. The molecule has 0 spiro atoms. The van der Waals surface area contributed by atoms with Crippen molar-refractivity contribution in [3.8, 4) is 0 Å². The maximum Gasteiger partial charge on any atom is 0.337 e. The van der Waals surface area contributed by atoms with Gasteiger partial charge in [-0.15, -0.1) is 0 Å². The molecule has 0 aliphatic carbocycles. The summed E-state index contributed by atoms with van der Waals surface area (Å²) in [6.45, 7) is 0. The standard InChI is InChI=1S/C14H9ClFNO3/c15-12-10(14(19)20)5-2-6-11(12)17-13(18)8-3-1-4-9(16)7-8/h1-7H,(H,17,18)(H,19,20). The van der Waals surface area contributed by atoms with Crippen LogP contribution in [0.15, 0.2) is 42.5 Å². The van der Waals surface area contributed by atoms with Crippen molar-refractivity contribution in [3.63, 3.8) is 0 Å². The van der Waals surface area contributed by atoms with Crippen LogP contribution in [0.4, 0.5) is 10.1 Å². The summed E-state index contributed by atoms with van der Waals surface area (Å²) in [6.07, 6.45) is 0. The molecule has 0 fully saturated rings. The van der Waals surface area contributed by atoms with Gasteiger partial charge in [0.2, 0.25) is 0 Å². The number of aromatic carboxylic acids is 1. The SMILES string of the molecule is O=C(Nc1cccc(C(=O)O)c1Cl)c1cccc(F)c1. The smallest absolute Gasteiger partial charge is 0.337 e. The molecule has 0 heterocycles. The molecule has 0 aliphatic heterocycles. The number of hydrogen-bond acceptors (Lipinski definition) is 2. The fourth-order valence-electron chi connectivity index (χ4n) is 1.62. The van der Waals surface area contributed by atoms with Crippen LogP contribution >= 0.6 is 11.6 Å². The van der Waals surface area contributed by atoms with Crippen LogP contribution in [0.5, 0.6) is 0 Å². The Balaban J connectivity index is 2.29. The first-order valence-electron chi connectivity index (χ1n) is 5.58. The molecule has 0 bridgehead atoms. The van der Waals surface area contributed by atoms with Gasteiger partial charge < -0.3 is 10.4 Å². The van der Waals surface area contributed by atoms with E-state index in [9.17, 15) is 14.0 Å². The van der Waals surface area contributed by atoms with Gasteiger partial charge in [0.1, 0.15) is 5.82 Å². The number of halogens is 2. The minimum Gasteiger partial charge on any atom is -0.478 e. The molecule has 4 nitrogen and oxygen atoms in total. The third-order valence-electron chi connectivity index (χ3n) is 2.56. The molecule has 102 valence electrons. The second-order valence-corrected chi connectivity index (χ2v) is 4.31. The zero-order valence-electron chi connectivity index (χ0n) is 10.1. The van der Waals surface area contributed by atoms with Crippen LogP contribution in [0.25, 0.3) is 0 Å². The maximum atomic E-state index is 13.0. The number of carboxylic acid groups (broad SMARTS) is 1. The van der Waals surface area contributed by atoms with Gasteiger partial charge in [0.25, 0.3) is 5.91 Å². The van der Waals surface area contributed by atoms with E-state index in [1.165, 1.54) is 36.4 Å². The Bertz CT molecular complexity index is 688. The molecule has 20 heavy (non-hydrogen) atoms. The molecule has 6 heteroatoms. The van der Waals surface area contributed by atoms with E-state index in [4.69, 9.17) is 16.7 Å². The minimum absolute atomic E-state index is 0.0789. The van der Waals surface area contributed by atoms with Gasteiger partial charge in [0.15, 0.2) is 0 Å². The van der Waals surface area contributed by atoms with Crippen LogP contribution in [0.1, 0.15) is 20.7 Å². The van der Waals surface area contributed by atoms with E-state index in [0.29, 0.717) is 0 Å². The Morgan fingerprint density at radius 1 is 1.15 bits per heavy atom. The summed E-state index contributed by atoms with van der Waals surface area (Å²) in [5, 5.41) is 11.3. The van der Waals surface area contributed by atoms with Gasteiger partial charge >= 0.3 is 5.97 Å². The summed E-state index contributed by atoms with van der Waals surface area (Å²) < 4.78 is 13.0. The molecule has 1 amide bonds. The first-order valence-corrected chi connectivity index (χ1v) is 5.95. The molecule has 0 saturated carbocycles. The zero-order valence-corrected chi connectivity index (χ0v) is 10.8. The lowest BCUT2D eigenvalue weighted by Gasteiger charge is -2.09. The summed E-state index contributed by atoms with van der Waals surface area (Å²) in [5.41, 5.74) is 0.145. The number of amides is 1. The minimum atomic E-state index is -1.20. The molecule has 2 N–H and O–H groups in total. The lowest BCUT2D eigenvalue weighted by molar-refractivity contribution is 0.0696. The highest BCUT2D eigenvalue weighted by Gasteiger charge is 2.14. The van der Waals surface area contributed by atoms with E-state index in [0.717, 1.165) is 6.07 Å². The van der Waals surface area contributed by atoms with Crippen LogP contribution in [0.3, 0.4) is 0 Å². The van der Waals surface area contributed by atoms with Crippen molar-refractivity contribution >= 4 is 29.2 Å². The van der Waals surface area contributed by atoms with E-state index in [1.807, 2.05) is 0 Å². The average Bonchev–Trinajstić information content (AvgIpc) is 2.40. The first-order chi connectivity index (χ1) is 9.49. The van der Waals surface area contributed by atoms with E-state index < -0.39 is 17.7 Å². The highest BCUT2D eigenvalue weighted by atomic mass is 35.5. The third-order valence-corrected chi connectivity index (χ3v) is 2.97. The normalized spacial score (nSPS) is 10.1. The van der Waals surface area contributed by atoms with Gasteiger partial charge in [-0.2, -0.15) is 0 Å². The Kier molecular flexibility index (Phi) is 4.00. The third kappa shape index (κ3) is 2.95. The van der Waals surface area contributed by atoms with Crippen LogP contribution in [0.2, 0.25) is 5.02 Å². The summed E-state index contributed by atoms with van der Waals surface area (Å²) in [7, 11) is 0. The molecule has 2 rings (SSSR count). The lowest BCUT2D eigenvalue weighted by atomic mass is 10.1. The molecule has 0 radical (unpaired) electrons. The fraction of sp³-hybridized carbons (Fsp3) is 0. The van der Waals surface area contributed by atoms with Gasteiger partial charge in [0.05, 0.1) is 16.3 Å². The maximum absolute atomic E-state index is 13.0. The van der Waals surface area contributed by atoms with Gasteiger partial charge in [0, 0.05) is 5.56 Å². The number of hydrogen-bond donors (Lipinski definition) is 2. The monoisotopic (exact) mass is 293 g/mol. The summed E-state index contributed by atoms with van der Waals surface area (Å²) in [6, 6.07) is 9.37. The first kappa shape index (κ1) is 14.0. The highest BCUT2D eigenvalue weighted by molar-refractivity contribution is 6.36. The Morgan fingerprint density at radius 3 is 2.50 bits per heavy atom. The fourth-order valence-corrected chi connectivity index (χ4v) is 1.87. The number of rotatable bonds is 3. The van der Waals surface area contributed by atoms with Gasteiger partial charge in [-0.05, 0) is 30.3 Å². The Hall–Kier alpha value is -2.40. The molecule has 0 aliphatic rings. The summed E-state index contributed by atoms with van der Waals surface area (Å²) in [5.74, 6) is -2.31. The average molecular weight is 294 g/mol. The number of carbonyl (C=O) groups is 2. The van der Waals surface area contributed by atoms with E-state index in [-0.39, 0.29) is 21.8 Å². The molecule has 0 unspecified atom stereocenters. The molecular formula is C14H9ClFNO3. The molecule has 2 aromatic carbocycles. The zero-order chi connectivity index (χ0) is 14.7. The van der Waals surface area contributed by atoms with Crippen LogP contribution in [-0.4, -0.2) is 17.0 Å². The van der Waals surface area contributed by atoms with Crippen molar-refractivity contribution in [3.05, 3.63) is 64.4 Å². The highest BCUT2D eigenvalue weighted by Crippen LogP contribution is 2.26. The molecular weight excluding hydrogens is 285 g/mol. The van der Waals surface area contributed by atoms with Gasteiger partial charge in [-0.3, -0.25) is 4.79 Å². The van der Waals surface area contributed by atoms with Crippen LogP contribution in [-0.2, 0) is 0 Å². The van der Waals surface area contributed by atoms with Gasteiger partial charge in [-0.1, -0.05) is 23.7 Å². The Labute approximate surface area is 118 Å². The van der Waals surface area contributed by atoms with Crippen molar-refractivity contribution in [2.75, 3.05) is 5.32 Å². The van der Waals surface area contributed by atoms with E-state index >= 15 is 0 Å². The van der Waals surface area contributed by atoms with Crippen molar-refractivity contribution < 1.29 is 19.1 Å². The molecule has 2 aromatic rings. The van der Waals surface area contributed by atoms with Crippen LogP contribution in [0, 0.1) is 5.82 Å². The van der Waals surface area contributed by atoms with Crippen molar-refractivity contribution in [2.45, 2.75) is 0 Å².